The Hall–Kier alpha value is -1.31. The van der Waals surface area contributed by atoms with Gasteiger partial charge in [0.05, 0.1) is 11.8 Å². The van der Waals surface area contributed by atoms with Gasteiger partial charge in [-0.25, -0.2) is 8.42 Å². The molecular weight excluding hydrogens is 314 g/mol. The van der Waals surface area contributed by atoms with Crippen LogP contribution < -0.4 is 15.4 Å². The van der Waals surface area contributed by atoms with E-state index in [1.54, 1.807) is 31.2 Å². The second-order valence-corrected chi connectivity index (χ2v) is 6.73. The van der Waals surface area contributed by atoms with Gasteiger partial charge in [0.1, 0.15) is 0 Å². The molecule has 0 aliphatic carbocycles. The maximum atomic E-state index is 11.9. The third kappa shape index (κ3) is 5.18. The number of rotatable bonds is 5. The molecule has 3 N–H and O–H groups in total. The molecule has 1 heterocycles. The Kier molecular flexibility index (Phi) is 6.44. The summed E-state index contributed by atoms with van der Waals surface area (Å²) in [5, 5.41) is 5.93. The van der Waals surface area contributed by atoms with Crippen LogP contribution in [0.2, 0.25) is 0 Å². The van der Waals surface area contributed by atoms with E-state index in [1.807, 2.05) is 0 Å². The van der Waals surface area contributed by atoms with Crippen LogP contribution in [0.1, 0.15) is 19.8 Å². The number of carbonyl (C=O) groups is 1. The summed E-state index contributed by atoms with van der Waals surface area (Å²) in [6.07, 6.45) is 1.86. The smallest absolute Gasteiger partial charge is 0.241 e. The Morgan fingerprint density at radius 3 is 2.43 bits per heavy atom. The minimum atomic E-state index is -3.27. The zero-order valence-electron chi connectivity index (χ0n) is 11.8. The summed E-state index contributed by atoms with van der Waals surface area (Å²) in [5.74, 6) is -0.0249. The lowest BCUT2D eigenvalue weighted by atomic mass is 10.2. The highest BCUT2D eigenvalue weighted by Gasteiger charge is 2.21. The molecule has 118 valence electrons. The predicted octanol–water partition coefficient (Wildman–Crippen LogP) is 1.56. The molecule has 8 heteroatoms. The summed E-state index contributed by atoms with van der Waals surface area (Å²) < 4.78 is 25.3. The molecule has 1 aliphatic rings. The molecule has 1 unspecified atom stereocenters. The minimum absolute atomic E-state index is 0. The number of nitrogens with one attached hydrogen (secondary N) is 3. The number of halogens is 1. The second-order valence-electron chi connectivity index (χ2n) is 4.72. The number of anilines is 2. The van der Waals surface area contributed by atoms with Crippen LogP contribution in [0.4, 0.5) is 11.4 Å². The van der Waals surface area contributed by atoms with Gasteiger partial charge in [-0.1, -0.05) is 0 Å². The Bertz CT molecular complexity index is 569. The van der Waals surface area contributed by atoms with Crippen molar-refractivity contribution in [2.75, 3.05) is 22.3 Å². The van der Waals surface area contributed by atoms with Crippen LogP contribution in [0, 0.1) is 0 Å². The molecule has 0 bridgehead atoms. The van der Waals surface area contributed by atoms with Crippen LogP contribution in [0.5, 0.6) is 0 Å². The van der Waals surface area contributed by atoms with Gasteiger partial charge in [0.25, 0.3) is 0 Å². The van der Waals surface area contributed by atoms with Crippen LogP contribution in [0.15, 0.2) is 24.3 Å². The summed E-state index contributed by atoms with van der Waals surface area (Å²) in [4.78, 5) is 11.9. The van der Waals surface area contributed by atoms with Crippen LogP contribution in [-0.4, -0.2) is 32.7 Å². The number of benzene rings is 1. The first-order valence-corrected chi connectivity index (χ1v) is 8.30. The Balaban J connectivity index is 0.00000220. The van der Waals surface area contributed by atoms with Crippen molar-refractivity contribution in [1.82, 2.24) is 5.32 Å². The van der Waals surface area contributed by atoms with E-state index in [0.29, 0.717) is 11.4 Å². The van der Waals surface area contributed by atoms with Crippen molar-refractivity contribution in [2.24, 2.45) is 0 Å². The first kappa shape index (κ1) is 17.7. The van der Waals surface area contributed by atoms with Gasteiger partial charge in [0.15, 0.2) is 0 Å². The number of hydrogen-bond acceptors (Lipinski definition) is 4. The number of hydrogen-bond donors (Lipinski definition) is 3. The summed E-state index contributed by atoms with van der Waals surface area (Å²) in [6, 6.07) is 6.49. The van der Waals surface area contributed by atoms with Gasteiger partial charge in [-0.05, 0) is 50.6 Å². The van der Waals surface area contributed by atoms with E-state index in [-0.39, 0.29) is 30.1 Å². The molecule has 0 saturated carbocycles. The topological polar surface area (TPSA) is 87.3 Å². The zero-order chi connectivity index (χ0) is 14.6. The minimum Gasteiger partial charge on any atom is -0.325 e. The van der Waals surface area contributed by atoms with Gasteiger partial charge in [-0.3, -0.25) is 9.52 Å². The van der Waals surface area contributed by atoms with Gasteiger partial charge in [0.2, 0.25) is 15.9 Å². The van der Waals surface area contributed by atoms with E-state index in [9.17, 15) is 13.2 Å². The normalized spacial score (nSPS) is 17.9. The lowest BCUT2D eigenvalue weighted by molar-refractivity contribution is -0.117. The predicted molar refractivity (Wildman–Crippen MR) is 86.4 cm³/mol. The van der Waals surface area contributed by atoms with Crippen molar-refractivity contribution in [3.05, 3.63) is 24.3 Å². The fourth-order valence-electron chi connectivity index (χ4n) is 2.01. The maximum Gasteiger partial charge on any atom is 0.241 e. The third-order valence-corrected chi connectivity index (χ3v) is 4.49. The molecule has 1 saturated heterocycles. The summed E-state index contributed by atoms with van der Waals surface area (Å²) >= 11 is 0. The van der Waals surface area contributed by atoms with Crippen molar-refractivity contribution >= 4 is 39.7 Å². The SMILES string of the molecule is CCS(=O)(=O)Nc1ccc(NC(=O)C2CCCN2)cc1.Cl. The molecule has 2 rings (SSSR count). The molecule has 0 spiro atoms. The monoisotopic (exact) mass is 333 g/mol. The molecule has 0 aromatic heterocycles. The molecule has 6 nitrogen and oxygen atoms in total. The maximum absolute atomic E-state index is 11.9. The van der Waals surface area contributed by atoms with Crippen LogP contribution in [0.3, 0.4) is 0 Å². The van der Waals surface area contributed by atoms with Crippen LogP contribution >= 0.6 is 12.4 Å². The van der Waals surface area contributed by atoms with Gasteiger partial charge in [0, 0.05) is 11.4 Å². The van der Waals surface area contributed by atoms with Crippen molar-refractivity contribution in [3.63, 3.8) is 0 Å². The number of carbonyl (C=O) groups excluding carboxylic acids is 1. The molecule has 1 atom stereocenters. The highest BCUT2D eigenvalue weighted by molar-refractivity contribution is 7.92. The highest BCUT2D eigenvalue weighted by atomic mass is 35.5. The Morgan fingerprint density at radius 1 is 1.29 bits per heavy atom. The zero-order valence-corrected chi connectivity index (χ0v) is 13.4. The molecular formula is C13H20ClN3O3S. The van der Waals surface area contributed by atoms with Gasteiger partial charge < -0.3 is 10.6 Å². The first-order chi connectivity index (χ1) is 9.50. The van der Waals surface area contributed by atoms with Crippen molar-refractivity contribution < 1.29 is 13.2 Å². The van der Waals surface area contributed by atoms with Gasteiger partial charge >= 0.3 is 0 Å². The van der Waals surface area contributed by atoms with Crippen molar-refractivity contribution in [1.29, 1.82) is 0 Å². The summed E-state index contributed by atoms with van der Waals surface area (Å²) in [6.45, 7) is 2.45. The van der Waals surface area contributed by atoms with Gasteiger partial charge in [-0.2, -0.15) is 0 Å². The standard InChI is InChI=1S/C13H19N3O3S.ClH/c1-2-20(18,19)16-11-7-5-10(6-8-11)15-13(17)12-4-3-9-14-12;/h5-8,12,14,16H,2-4,9H2,1H3,(H,15,17);1H. The highest BCUT2D eigenvalue weighted by Crippen LogP contribution is 2.16. The van der Waals surface area contributed by atoms with Gasteiger partial charge in [-0.15, -0.1) is 12.4 Å². The second kappa shape index (κ2) is 7.63. The molecule has 21 heavy (non-hydrogen) atoms. The van der Waals surface area contributed by atoms with E-state index in [4.69, 9.17) is 0 Å². The molecule has 1 fully saturated rings. The average molecular weight is 334 g/mol. The fourth-order valence-corrected chi connectivity index (χ4v) is 2.65. The largest absolute Gasteiger partial charge is 0.325 e. The lowest BCUT2D eigenvalue weighted by Crippen LogP contribution is -2.35. The lowest BCUT2D eigenvalue weighted by Gasteiger charge is -2.12. The average Bonchev–Trinajstić information content (AvgIpc) is 2.95. The number of amides is 1. The molecule has 1 amide bonds. The van der Waals surface area contributed by atoms with E-state index in [1.165, 1.54) is 0 Å². The number of sulfonamides is 1. The van der Waals surface area contributed by atoms with Crippen LogP contribution in [0.25, 0.3) is 0 Å². The first-order valence-electron chi connectivity index (χ1n) is 6.65. The van der Waals surface area contributed by atoms with E-state index in [2.05, 4.69) is 15.4 Å². The molecule has 1 aromatic rings. The fraction of sp³-hybridized carbons (Fsp3) is 0.462. The molecule has 1 aliphatic heterocycles. The van der Waals surface area contributed by atoms with E-state index < -0.39 is 10.0 Å². The van der Waals surface area contributed by atoms with Crippen LogP contribution in [-0.2, 0) is 14.8 Å². The Morgan fingerprint density at radius 2 is 1.90 bits per heavy atom. The third-order valence-electron chi connectivity index (χ3n) is 3.18. The van der Waals surface area contributed by atoms with Crippen molar-refractivity contribution in [3.8, 4) is 0 Å². The Labute approximate surface area is 131 Å². The quantitative estimate of drug-likeness (QED) is 0.763. The summed E-state index contributed by atoms with van der Waals surface area (Å²) in [7, 11) is -3.27. The molecule has 1 aromatic carbocycles. The molecule has 0 radical (unpaired) electrons. The van der Waals surface area contributed by atoms with Crippen molar-refractivity contribution in [2.45, 2.75) is 25.8 Å². The summed E-state index contributed by atoms with van der Waals surface area (Å²) in [5.41, 5.74) is 1.15. The van der Waals surface area contributed by atoms with E-state index >= 15 is 0 Å². The van der Waals surface area contributed by atoms with E-state index in [0.717, 1.165) is 19.4 Å².